The largest absolute Gasteiger partial charge is 0.493 e. The van der Waals surface area contributed by atoms with E-state index in [-0.39, 0.29) is 5.56 Å². The number of nitrogens with zero attached hydrogens (tertiary/aromatic N) is 2. The Hall–Kier alpha value is -3.92. The highest BCUT2D eigenvalue weighted by atomic mass is 32.1. The van der Waals surface area contributed by atoms with E-state index in [4.69, 9.17) is 18.6 Å². The van der Waals surface area contributed by atoms with Crippen molar-refractivity contribution in [3.63, 3.8) is 0 Å². The number of ether oxygens (including phenoxy) is 3. The number of aromatic nitrogens is 2. The Labute approximate surface area is 193 Å². The Morgan fingerprint density at radius 2 is 1.97 bits per heavy atom. The van der Waals surface area contributed by atoms with Crippen LogP contribution in [-0.4, -0.2) is 42.2 Å². The van der Waals surface area contributed by atoms with Gasteiger partial charge in [0.25, 0.3) is 5.91 Å². The number of carbonyl (C=O) groups excluding carboxylic acids is 2. The van der Waals surface area contributed by atoms with E-state index in [0.717, 1.165) is 5.56 Å². The van der Waals surface area contributed by atoms with Crippen LogP contribution in [0.4, 0.5) is 5.13 Å². The van der Waals surface area contributed by atoms with Crippen molar-refractivity contribution < 1.29 is 28.2 Å². The molecule has 0 saturated carbocycles. The predicted octanol–water partition coefficient (Wildman–Crippen LogP) is 4.54. The third-order valence-corrected chi connectivity index (χ3v) is 5.66. The third-order valence-electron chi connectivity index (χ3n) is 4.91. The summed E-state index contributed by atoms with van der Waals surface area (Å²) in [5.74, 6) is 0.0700. The Balaban J connectivity index is 1.46. The molecule has 10 heteroatoms. The van der Waals surface area contributed by atoms with Crippen LogP contribution in [0.2, 0.25) is 0 Å². The van der Waals surface area contributed by atoms with Crippen molar-refractivity contribution in [3.05, 3.63) is 53.7 Å². The Bertz CT molecular complexity index is 1300. The number of nitrogens with one attached hydrogen (secondary N) is 1. The molecule has 33 heavy (non-hydrogen) atoms. The molecule has 0 aliphatic carbocycles. The number of thiazole rings is 1. The van der Waals surface area contributed by atoms with Gasteiger partial charge in [-0.25, -0.2) is 14.8 Å². The molecule has 0 aliphatic rings. The van der Waals surface area contributed by atoms with Gasteiger partial charge in [-0.05, 0) is 36.8 Å². The maximum atomic E-state index is 12.8. The molecule has 9 nitrogen and oxygen atoms in total. The molecule has 1 N–H and O–H groups in total. The summed E-state index contributed by atoms with van der Waals surface area (Å²) in [5.41, 5.74) is 2.56. The van der Waals surface area contributed by atoms with Gasteiger partial charge in [0.2, 0.25) is 0 Å². The minimum atomic E-state index is -0.993. The Morgan fingerprint density at radius 3 is 2.73 bits per heavy atom. The van der Waals surface area contributed by atoms with Crippen LogP contribution in [0.1, 0.15) is 23.7 Å². The maximum Gasteiger partial charge on any atom is 0.341 e. The fourth-order valence-corrected chi connectivity index (χ4v) is 3.93. The van der Waals surface area contributed by atoms with Crippen molar-refractivity contribution in [1.29, 1.82) is 0 Å². The number of carbonyl (C=O) groups is 2. The molecule has 2 aromatic carbocycles. The van der Waals surface area contributed by atoms with E-state index in [1.54, 1.807) is 51.5 Å². The number of para-hydroxylation sites is 1. The van der Waals surface area contributed by atoms with Gasteiger partial charge < -0.3 is 18.6 Å². The standard InChI is InChI=1S/C23H21N3O6S/c1-4-16(32-22(28)14-6-5-7-18-20(14)24-12-31-18)21(27)26-23-25-15(11-33-23)13-8-9-17(29-2)19(10-13)30-3/h5-12,16H,4H2,1-3H3,(H,25,26,27). The molecule has 0 fully saturated rings. The molecule has 4 aromatic rings. The monoisotopic (exact) mass is 467 g/mol. The first-order chi connectivity index (χ1) is 16.0. The number of amides is 1. The van der Waals surface area contributed by atoms with E-state index in [1.807, 2.05) is 11.4 Å². The lowest BCUT2D eigenvalue weighted by atomic mass is 10.1. The summed E-state index contributed by atoms with van der Waals surface area (Å²) < 4.78 is 21.3. The van der Waals surface area contributed by atoms with Gasteiger partial charge in [-0.2, -0.15) is 0 Å². The van der Waals surface area contributed by atoms with Crippen molar-refractivity contribution in [1.82, 2.24) is 9.97 Å². The third kappa shape index (κ3) is 4.65. The van der Waals surface area contributed by atoms with Crippen LogP contribution in [0, 0.1) is 0 Å². The zero-order valence-corrected chi connectivity index (χ0v) is 19.0. The van der Waals surface area contributed by atoms with Crippen LogP contribution in [0.25, 0.3) is 22.4 Å². The lowest BCUT2D eigenvalue weighted by molar-refractivity contribution is -0.124. The van der Waals surface area contributed by atoms with Crippen LogP contribution in [0.5, 0.6) is 11.5 Å². The first kappa shape index (κ1) is 22.3. The van der Waals surface area contributed by atoms with Gasteiger partial charge in [-0.3, -0.25) is 10.1 Å². The molecule has 0 aliphatic heterocycles. The first-order valence-electron chi connectivity index (χ1n) is 10.1. The summed E-state index contributed by atoms with van der Waals surface area (Å²) in [5, 5.41) is 4.93. The molecule has 4 rings (SSSR count). The summed E-state index contributed by atoms with van der Waals surface area (Å²) in [7, 11) is 3.13. The molecule has 0 radical (unpaired) electrons. The SMILES string of the molecule is CCC(OC(=O)c1cccc2ocnc12)C(=O)Nc1nc(-c2ccc(OC)c(OC)c2)cs1. The summed E-state index contributed by atoms with van der Waals surface area (Å²) >= 11 is 1.26. The van der Waals surface area contributed by atoms with E-state index in [0.29, 0.717) is 39.8 Å². The highest BCUT2D eigenvalue weighted by Crippen LogP contribution is 2.33. The molecule has 1 amide bonds. The fraction of sp³-hybridized carbons (Fsp3) is 0.217. The molecule has 1 unspecified atom stereocenters. The van der Waals surface area contributed by atoms with Gasteiger partial charge >= 0.3 is 5.97 Å². The second kappa shape index (κ2) is 9.70. The lowest BCUT2D eigenvalue weighted by Gasteiger charge is -2.15. The Kier molecular flexibility index (Phi) is 6.55. The van der Waals surface area contributed by atoms with Crippen LogP contribution in [0.3, 0.4) is 0 Å². The summed E-state index contributed by atoms with van der Waals surface area (Å²) in [4.78, 5) is 33.9. The second-order valence-corrected chi connectivity index (χ2v) is 7.76. The number of rotatable bonds is 8. The molecular formula is C23H21N3O6S. The van der Waals surface area contributed by atoms with Crippen molar-refractivity contribution >= 4 is 39.4 Å². The summed E-state index contributed by atoms with van der Waals surface area (Å²) in [6, 6.07) is 10.4. The maximum absolute atomic E-state index is 12.8. The average molecular weight is 468 g/mol. The number of benzene rings is 2. The molecule has 1 atom stereocenters. The lowest BCUT2D eigenvalue weighted by Crippen LogP contribution is -2.32. The Morgan fingerprint density at radius 1 is 1.15 bits per heavy atom. The normalized spacial score (nSPS) is 11.7. The molecular weight excluding hydrogens is 446 g/mol. The first-order valence-corrected chi connectivity index (χ1v) is 10.9. The summed E-state index contributed by atoms with van der Waals surface area (Å²) in [6.45, 7) is 1.76. The number of oxazole rings is 1. The quantitative estimate of drug-likeness (QED) is 0.376. The molecule has 0 saturated heterocycles. The number of methoxy groups -OCH3 is 2. The van der Waals surface area contributed by atoms with Gasteiger partial charge in [0.1, 0.15) is 5.52 Å². The van der Waals surface area contributed by atoms with E-state index >= 15 is 0 Å². The average Bonchev–Trinajstić information content (AvgIpc) is 3.51. The zero-order valence-electron chi connectivity index (χ0n) is 18.2. The van der Waals surface area contributed by atoms with E-state index in [9.17, 15) is 9.59 Å². The number of hydrogen-bond donors (Lipinski definition) is 1. The highest BCUT2D eigenvalue weighted by Gasteiger charge is 2.25. The smallest absolute Gasteiger partial charge is 0.341 e. The van der Waals surface area contributed by atoms with Gasteiger partial charge in [0.05, 0.1) is 25.5 Å². The fourth-order valence-electron chi connectivity index (χ4n) is 3.21. The van der Waals surface area contributed by atoms with Crippen molar-refractivity contribution in [2.45, 2.75) is 19.4 Å². The minimum Gasteiger partial charge on any atom is -0.493 e. The molecule has 0 spiro atoms. The number of hydrogen-bond acceptors (Lipinski definition) is 9. The molecule has 170 valence electrons. The van der Waals surface area contributed by atoms with Crippen molar-refractivity contribution in [2.24, 2.45) is 0 Å². The molecule has 0 bridgehead atoms. The second-order valence-electron chi connectivity index (χ2n) is 6.90. The molecule has 2 aromatic heterocycles. The van der Waals surface area contributed by atoms with Gasteiger partial charge in [0.15, 0.2) is 34.7 Å². The van der Waals surface area contributed by atoms with Crippen LogP contribution >= 0.6 is 11.3 Å². The number of esters is 1. The minimum absolute atomic E-state index is 0.234. The van der Waals surface area contributed by atoms with Crippen molar-refractivity contribution in [2.75, 3.05) is 19.5 Å². The van der Waals surface area contributed by atoms with E-state index < -0.39 is 18.0 Å². The summed E-state index contributed by atoms with van der Waals surface area (Å²) in [6.07, 6.45) is 0.553. The van der Waals surface area contributed by atoms with Crippen LogP contribution in [0.15, 0.2) is 52.6 Å². The topological polar surface area (TPSA) is 113 Å². The van der Waals surface area contributed by atoms with Crippen LogP contribution < -0.4 is 14.8 Å². The zero-order chi connectivity index (χ0) is 23.4. The number of fused-ring (bicyclic) bond motifs is 1. The van der Waals surface area contributed by atoms with Gasteiger partial charge in [-0.15, -0.1) is 11.3 Å². The molecule has 2 heterocycles. The van der Waals surface area contributed by atoms with Gasteiger partial charge in [0, 0.05) is 10.9 Å². The number of anilines is 1. The van der Waals surface area contributed by atoms with Crippen molar-refractivity contribution in [3.8, 4) is 22.8 Å². The van der Waals surface area contributed by atoms with E-state index in [1.165, 1.54) is 17.7 Å². The van der Waals surface area contributed by atoms with Gasteiger partial charge in [-0.1, -0.05) is 13.0 Å². The predicted molar refractivity (Wildman–Crippen MR) is 123 cm³/mol. The van der Waals surface area contributed by atoms with Crippen LogP contribution in [-0.2, 0) is 9.53 Å². The highest BCUT2D eigenvalue weighted by molar-refractivity contribution is 7.14. The van der Waals surface area contributed by atoms with E-state index in [2.05, 4.69) is 15.3 Å².